The van der Waals surface area contributed by atoms with E-state index in [2.05, 4.69) is 42.4 Å². The molecule has 6 fully saturated rings. The summed E-state index contributed by atoms with van der Waals surface area (Å²) < 4.78 is 132. The number of aromatic nitrogens is 4. The number of carbonyl (C=O) groups excluding carboxylic acids is 3. The van der Waals surface area contributed by atoms with Crippen LogP contribution in [0.1, 0.15) is 78.9 Å². The molecule has 6 saturated heterocycles. The Hall–Kier alpha value is -7.58. The molecule has 0 bridgehead atoms. The van der Waals surface area contributed by atoms with Crippen molar-refractivity contribution >= 4 is 81.5 Å². The average Bonchev–Trinajstić information content (AvgIpc) is 0.874. The Kier molecular flexibility index (Phi) is 21.0. The number of hydrogen-bond donors (Lipinski definition) is 0. The first-order chi connectivity index (χ1) is 43.8. The van der Waals surface area contributed by atoms with Crippen molar-refractivity contribution in [3.8, 4) is 0 Å². The zero-order valence-corrected chi connectivity index (χ0v) is 53.3. The van der Waals surface area contributed by atoms with Gasteiger partial charge in [-0.2, -0.15) is 13.2 Å². The van der Waals surface area contributed by atoms with Crippen molar-refractivity contribution in [2.75, 3.05) is 108 Å². The lowest BCUT2D eigenvalue weighted by Gasteiger charge is -2.44. The van der Waals surface area contributed by atoms with Gasteiger partial charge in [-0.05, 0) is 156 Å². The van der Waals surface area contributed by atoms with E-state index in [-0.39, 0.29) is 84.3 Å². The zero-order chi connectivity index (χ0) is 65.5. The van der Waals surface area contributed by atoms with Gasteiger partial charge in [0, 0.05) is 142 Å². The maximum absolute atomic E-state index is 14.8. The number of benzene rings is 3. The number of carbonyl (C=O) groups is 3. The van der Waals surface area contributed by atoms with Crippen LogP contribution >= 0.6 is 0 Å². The van der Waals surface area contributed by atoms with Gasteiger partial charge in [0.05, 0.1) is 23.7 Å². The Balaban J connectivity index is 0.000000152. The number of nitrogens with zero attached hydrogens (tertiary/aromatic N) is 10. The second-order valence-electron chi connectivity index (χ2n) is 24.3. The van der Waals surface area contributed by atoms with Crippen LogP contribution in [0.2, 0.25) is 0 Å². The highest BCUT2D eigenvalue weighted by Crippen LogP contribution is 2.37. The standard InChI is InChI=1S/C23H24F5N3O2S.C22H26FN3O2S.C21H25FN4O2S/c1-34(33)11-7-15(8-12-34)22(32)31-10-9-30(20-6-5-16(13-29-20)23(26,27)28)14-19(31)17-3-2-4-18(24)21(17)25;1-29(28)13-8-17(9-14-29)22(27)26-12-11-25(21-7-2-3-10-24-21)16-20(26)18-5-4-6-19(23)15-18;1-29(28)12-6-16(7-13-29)20(27)26-11-10-25(21-23-8-3-9-24-21)15-19(26)17-4-2-5-18(22)14-17/h2-6,13,15,19H,1,7-12,14H2;2-7,10,15,17,20H,1,8-9,11-14,16H2;2-5,8-9,14,16,19H,1,6-7,10-13,15H2. The van der Waals surface area contributed by atoms with Crippen molar-refractivity contribution in [1.29, 1.82) is 0 Å². The van der Waals surface area contributed by atoms with Crippen LogP contribution in [0.15, 0.2) is 128 Å². The molecule has 0 aliphatic carbocycles. The Bertz CT molecular complexity index is 3730. The molecule has 0 N–H and O–H groups in total. The maximum atomic E-state index is 14.8. The van der Waals surface area contributed by atoms with Crippen LogP contribution in [-0.2, 0) is 49.1 Å². The van der Waals surface area contributed by atoms with E-state index >= 15 is 0 Å². The third-order valence-electron chi connectivity index (χ3n) is 18.1. The lowest BCUT2D eigenvalue weighted by atomic mass is 9.96. The van der Waals surface area contributed by atoms with Gasteiger partial charge in [-0.15, -0.1) is 0 Å². The summed E-state index contributed by atoms with van der Waals surface area (Å²) in [5, 5.41) is 0. The maximum Gasteiger partial charge on any atom is 0.417 e. The zero-order valence-electron chi connectivity index (χ0n) is 50.9. The Morgan fingerprint density at radius 2 is 0.880 bits per heavy atom. The molecule has 6 aliphatic heterocycles. The van der Waals surface area contributed by atoms with Crippen molar-refractivity contribution in [2.24, 2.45) is 17.8 Å². The molecule has 3 aromatic carbocycles. The van der Waals surface area contributed by atoms with Gasteiger partial charge in [-0.1, -0.05) is 42.5 Å². The van der Waals surface area contributed by atoms with Gasteiger partial charge in [0.2, 0.25) is 23.7 Å². The first-order valence-electron chi connectivity index (χ1n) is 30.6. The van der Waals surface area contributed by atoms with E-state index in [9.17, 15) is 57.7 Å². The number of hydrogen-bond acceptors (Lipinski definition) is 13. The fraction of sp³-hybridized carbons (Fsp3) is 0.424. The first kappa shape index (κ1) is 67.3. The summed E-state index contributed by atoms with van der Waals surface area (Å²) in [6.45, 7) is 3.84. The summed E-state index contributed by atoms with van der Waals surface area (Å²) in [5.41, 5.74) is 0.644. The highest BCUT2D eigenvalue weighted by molar-refractivity contribution is 8.00. The number of anilines is 3. The van der Waals surface area contributed by atoms with Crippen molar-refractivity contribution < 1.29 is 57.7 Å². The second-order valence-corrected chi connectivity index (χ2v) is 32.6. The molecule has 9 heterocycles. The molecule has 0 spiro atoms. The predicted octanol–water partition coefficient (Wildman–Crippen LogP) is 8.76. The van der Waals surface area contributed by atoms with Gasteiger partial charge >= 0.3 is 6.18 Å². The highest BCUT2D eigenvalue weighted by Gasteiger charge is 2.42. The topological polar surface area (TPSA) is 173 Å². The van der Waals surface area contributed by atoms with Crippen LogP contribution in [0.25, 0.3) is 0 Å². The summed E-state index contributed by atoms with van der Waals surface area (Å²) in [6, 6.07) is 24.9. The SMILES string of the molecule is C=S1(=O)CCC(C(=O)N2CCN(c3ccc(C(F)(F)F)cn3)CC2c2cccc(F)c2F)CC1.C=S1(=O)CCC(C(=O)N2CCN(c3ccccn3)CC2c2cccc(F)c2)CC1.C=S1(=O)CCC(C(=O)N2CCN(c3ncccn3)CC2c2cccc(F)c2)CC1. The number of rotatable bonds is 9. The molecular weight excluding hydrogens is 1260 g/mol. The summed E-state index contributed by atoms with van der Waals surface area (Å²) >= 11 is 0. The van der Waals surface area contributed by atoms with Gasteiger partial charge in [0.1, 0.15) is 23.3 Å². The molecule has 12 rings (SSSR count). The smallest absolute Gasteiger partial charge is 0.352 e. The van der Waals surface area contributed by atoms with Crippen LogP contribution in [0.4, 0.5) is 48.3 Å². The Morgan fingerprint density at radius 1 is 0.457 bits per heavy atom. The highest BCUT2D eigenvalue weighted by atomic mass is 32.2. The molecule has 3 unspecified atom stereocenters. The van der Waals surface area contributed by atoms with Gasteiger partial charge in [0.25, 0.3) is 0 Å². The lowest BCUT2D eigenvalue weighted by Crippen LogP contribution is -2.53. The van der Waals surface area contributed by atoms with E-state index in [4.69, 9.17) is 0 Å². The number of alkyl halides is 3. The van der Waals surface area contributed by atoms with E-state index in [0.29, 0.717) is 118 Å². The van der Waals surface area contributed by atoms with Crippen LogP contribution in [0.3, 0.4) is 0 Å². The lowest BCUT2D eigenvalue weighted by molar-refractivity contribution is -0.139. The molecule has 0 radical (unpaired) electrons. The van der Waals surface area contributed by atoms with Crippen LogP contribution in [0, 0.1) is 41.0 Å². The fourth-order valence-electron chi connectivity index (χ4n) is 12.8. The minimum Gasteiger partial charge on any atom is -0.352 e. The van der Waals surface area contributed by atoms with E-state index in [1.54, 1.807) is 41.7 Å². The van der Waals surface area contributed by atoms with Gasteiger partial charge in [-0.3, -0.25) is 27.0 Å². The van der Waals surface area contributed by atoms with Gasteiger partial charge < -0.3 is 29.4 Å². The molecule has 3 amide bonds. The summed E-state index contributed by atoms with van der Waals surface area (Å²) in [7, 11) is -6.27. The summed E-state index contributed by atoms with van der Waals surface area (Å²) in [5.74, 6) is 12.1. The summed E-state index contributed by atoms with van der Waals surface area (Å²) in [6.07, 6.45) is 4.55. The second kappa shape index (κ2) is 28.7. The molecule has 492 valence electrons. The van der Waals surface area contributed by atoms with E-state index in [0.717, 1.165) is 35.3 Å². The molecular formula is C66H75F7N10O6S3. The van der Waals surface area contributed by atoms with Gasteiger partial charge in [0.15, 0.2) is 11.6 Å². The molecule has 26 heteroatoms. The van der Waals surface area contributed by atoms with E-state index in [1.165, 1.54) is 47.4 Å². The fourth-order valence-corrected chi connectivity index (χ4v) is 17.7. The monoisotopic (exact) mass is 1330 g/mol. The number of amides is 3. The minimum atomic E-state index is -4.53. The molecule has 0 saturated carbocycles. The van der Waals surface area contributed by atoms with Crippen LogP contribution in [-0.4, -0.2) is 176 Å². The normalized spacial score (nSPS) is 27.0. The van der Waals surface area contributed by atoms with Crippen LogP contribution in [0.5, 0.6) is 0 Å². The molecule has 92 heavy (non-hydrogen) atoms. The molecule has 6 aliphatic rings. The molecule has 3 aromatic heterocycles. The Morgan fingerprint density at radius 3 is 1.32 bits per heavy atom. The van der Waals surface area contributed by atoms with Gasteiger partial charge in [-0.25, -0.2) is 37.5 Å². The first-order valence-corrected chi connectivity index (χ1v) is 36.8. The Labute approximate surface area is 533 Å². The molecule has 3 atom stereocenters. The summed E-state index contributed by atoms with van der Waals surface area (Å²) in [4.78, 5) is 68.1. The molecule has 6 aromatic rings. The predicted molar refractivity (Wildman–Crippen MR) is 348 cm³/mol. The van der Waals surface area contributed by atoms with Crippen LogP contribution < -0.4 is 14.7 Å². The number of halogens is 7. The van der Waals surface area contributed by atoms with Crippen molar-refractivity contribution in [3.63, 3.8) is 0 Å². The third-order valence-corrected chi connectivity index (χ3v) is 24.0. The largest absolute Gasteiger partial charge is 0.417 e. The van der Waals surface area contributed by atoms with E-state index in [1.807, 2.05) is 45.0 Å². The van der Waals surface area contributed by atoms with Crippen molar-refractivity contribution in [3.05, 3.63) is 173 Å². The third kappa shape index (κ3) is 16.6. The van der Waals surface area contributed by atoms with E-state index < -0.39 is 63.9 Å². The van der Waals surface area contributed by atoms with Crippen molar-refractivity contribution in [1.82, 2.24) is 34.6 Å². The average molecular weight is 1330 g/mol. The number of pyridine rings is 2. The van der Waals surface area contributed by atoms with Crippen molar-refractivity contribution in [2.45, 2.75) is 62.8 Å². The minimum absolute atomic E-state index is 0.0123. The number of piperazine rings is 3. The molecule has 16 nitrogen and oxygen atoms in total. The quantitative estimate of drug-likeness (QED) is 0.0994.